The first kappa shape index (κ1) is 9.45. The minimum Gasteiger partial charge on any atom is -0.425 e. The predicted molar refractivity (Wildman–Crippen MR) is 55.4 cm³/mol. The Hall–Kier alpha value is -2.10. The fraction of sp³-hybridized carbons (Fsp3) is 0.0909. The molecule has 0 amide bonds. The number of pyridine rings is 1. The van der Waals surface area contributed by atoms with Crippen LogP contribution in [0.25, 0.3) is 10.8 Å². The highest BCUT2D eigenvalue weighted by molar-refractivity contribution is 6.06. The summed E-state index contributed by atoms with van der Waals surface area (Å²) in [6, 6.07) is 6.94. The van der Waals surface area contributed by atoms with Crippen LogP contribution in [-0.4, -0.2) is 15.7 Å². The van der Waals surface area contributed by atoms with Crippen molar-refractivity contribution in [3.63, 3.8) is 0 Å². The Balaban J connectivity index is 3.02. The monoisotopic (exact) mass is 203 g/mol. The molecule has 4 nitrogen and oxygen atoms in total. The van der Waals surface area contributed by atoms with E-state index in [1.807, 2.05) is 0 Å². The van der Waals surface area contributed by atoms with E-state index in [0.29, 0.717) is 15.5 Å². The Kier molecular flexibility index (Phi) is 2.04. The van der Waals surface area contributed by atoms with Crippen LogP contribution in [0.1, 0.15) is 17.3 Å². The van der Waals surface area contributed by atoms with Gasteiger partial charge in [0.15, 0.2) is 5.78 Å². The second-order valence-electron chi connectivity index (χ2n) is 3.30. The van der Waals surface area contributed by atoms with Gasteiger partial charge >= 0.3 is 0 Å². The van der Waals surface area contributed by atoms with Crippen molar-refractivity contribution >= 4 is 16.6 Å². The van der Waals surface area contributed by atoms with E-state index in [0.717, 1.165) is 0 Å². The van der Waals surface area contributed by atoms with Crippen LogP contribution >= 0.6 is 0 Å². The molecule has 1 N–H and O–H groups in total. The van der Waals surface area contributed by atoms with E-state index in [9.17, 15) is 14.8 Å². The third-order valence-corrected chi connectivity index (χ3v) is 2.27. The van der Waals surface area contributed by atoms with Gasteiger partial charge in [-0.05, 0) is 12.3 Å². The highest BCUT2D eigenvalue weighted by Gasteiger charge is 2.12. The lowest BCUT2D eigenvalue weighted by Crippen LogP contribution is -2.23. The summed E-state index contributed by atoms with van der Waals surface area (Å²) in [5.74, 6) is -0.348. The fourth-order valence-electron chi connectivity index (χ4n) is 1.60. The molecule has 0 saturated carbocycles. The van der Waals surface area contributed by atoms with Gasteiger partial charge in [-0.3, -0.25) is 9.59 Å². The number of rotatable bonds is 1. The molecule has 76 valence electrons. The number of aromatic nitrogens is 1. The molecule has 0 saturated heterocycles. The number of fused-ring (bicyclic) bond motifs is 1. The van der Waals surface area contributed by atoms with Gasteiger partial charge in [-0.15, -0.1) is 0 Å². The molecule has 15 heavy (non-hydrogen) atoms. The van der Waals surface area contributed by atoms with E-state index < -0.39 is 5.56 Å². The van der Waals surface area contributed by atoms with Crippen LogP contribution in [0.5, 0.6) is 0 Å². The molecule has 0 fully saturated rings. The largest absolute Gasteiger partial charge is 0.425 e. The van der Waals surface area contributed by atoms with Crippen LogP contribution in [0.4, 0.5) is 0 Å². The maximum absolute atomic E-state index is 11.5. The third kappa shape index (κ3) is 1.40. The van der Waals surface area contributed by atoms with Crippen LogP contribution in [0, 0.1) is 0 Å². The van der Waals surface area contributed by atoms with Gasteiger partial charge in [-0.2, -0.15) is 4.73 Å². The van der Waals surface area contributed by atoms with E-state index in [4.69, 9.17) is 0 Å². The van der Waals surface area contributed by atoms with Crippen molar-refractivity contribution < 1.29 is 10.0 Å². The normalized spacial score (nSPS) is 10.5. The molecule has 0 atom stereocenters. The van der Waals surface area contributed by atoms with E-state index >= 15 is 0 Å². The van der Waals surface area contributed by atoms with Gasteiger partial charge in [0.05, 0.1) is 11.8 Å². The summed E-state index contributed by atoms with van der Waals surface area (Å²) in [4.78, 5) is 22.8. The van der Waals surface area contributed by atoms with Gasteiger partial charge < -0.3 is 5.21 Å². The zero-order valence-corrected chi connectivity index (χ0v) is 8.10. The molecule has 0 radical (unpaired) electrons. The lowest BCUT2D eigenvalue weighted by atomic mass is 10.1. The molecule has 1 aromatic carbocycles. The predicted octanol–water partition coefficient (Wildman–Crippen LogP) is 1.44. The molecule has 2 rings (SSSR count). The first-order valence-electron chi connectivity index (χ1n) is 4.46. The van der Waals surface area contributed by atoms with Crippen LogP contribution in [0.15, 0.2) is 35.3 Å². The highest BCUT2D eigenvalue weighted by Crippen LogP contribution is 2.15. The topological polar surface area (TPSA) is 59.3 Å². The first-order chi connectivity index (χ1) is 7.11. The number of nitrogens with zero attached hydrogens (tertiary/aromatic N) is 1. The van der Waals surface area contributed by atoms with Crippen molar-refractivity contribution in [1.29, 1.82) is 0 Å². The summed E-state index contributed by atoms with van der Waals surface area (Å²) < 4.78 is 0.444. The third-order valence-electron chi connectivity index (χ3n) is 2.27. The molecule has 2 aromatic rings. The van der Waals surface area contributed by atoms with E-state index in [1.165, 1.54) is 13.1 Å². The van der Waals surface area contributed by atoms with Crippen molar-refractivity contribution in [3.8, 4) is 0 Å². The summed E-state index contributed by atoms with van der Waals surface area (Å²) in [6.45, 7) is 1.31. The minimum atomic E-state index is -0.679. The van der Waals surface area contributed by atoms with E-state index in [2.05, 4.69) is 0 Å². The SMILES string of the molecule is CC(=O)c1c(=O)n(O)cc2ccccc12. The van der Waals surface area contributed by atoms with Gasteiger partial charge in [0.2, 0.25) is 0 Å². The van der Waals surface area contributed by atoms with Crippen molar-refractivity contribution in [2.75, 3.05) is 0 Å². The van der Waals surface area contributed by atoms with Crippen molar-refractivity contribution in [2.45, 2.75) is 6.92 Å². The Labute approximate surface area is 85.3 Å². The summed E-state index contributed by atoms with van der Waals surface area (Å²) >= 11 is 0. The van der Waals surface area contributed by atoms with Gasteiger partial charge in [-0.1, -0.05) is 24.3 Å². The maximum atomic E-state index is 11.5. The lowest BCUT2D eigenvalue weighted by Gasteiger charge is -2.04. The average molecular weight is 203 g/mol. The second kappa shape index (κ2) is 3.24. The zero-order chi connectivity index (χ0) is 11.0. The molecule has 0 unspecified atom stereocenters. The van der Waals surface area contributed by atoms with Crippen LogP contribution in [0.2, 0.25) is 0 Å². The lowest BCUT2D eigenvalue weighted by molar-refractivity contribution is 0.101. The fourth-order valence-corrected chi connectivity index (χ4v) is 1.60. The summed E-state index contributed by atoms with van der Waals surface area (Å²) in [5, 5.41) is 10.5. The highest BCUT2D eigenvalue weighted by atomic mass is 16.5. The smallest absolute Gasteiger partial charge is 0.294 e. The molecule has 0 bridgehead atoms. The van der Waals surface area contributed by atoms with Crippen LogP contribution < -0.4 is 5.56 Å². The van der Waals surface area contributed by atoms with Gasteiger partial charge in [0.1, 0.15) is 0 Å². The second-order valence-corrected chi connectivity index (χ2v) is 3.30. The molecular formula is C11H9NO3. The van der Waals surface area contributed by atoms with Crippen molar-refractivity contribution in [2.24, 2.45) is 0 Å². The quantitative estimate of drug-likeness (QED) is 0.563. The number of hydrogen-bond acceptors (Lipinski definition) is 3. The van der Waals surface area contributed by atoms with Crippen LogP contribution in [0.3, 0.4) is 0 Å². The van der Waals surface area contributed by atoms with E-state index in [-0.39, 0.29) is 11.3 Å². The summed E-state index contributed by atoms with van der Waals surface area (Å²) in [5.41, 5.74) is -0.656. The molecule has 1 aromatic heterocycles. The maximum Gasteiger partial charge on any atom is 0.294 e. The molecule has 0 aliphatic rings. The number of benzene rings is 1. The number of carbonyl (C=O) groups excluding carboxylic acids is 1. The molecule has 0 aliphatic carbocycles. The molecular weight excluding hydrogens is 194 g/mol. The Bertz CT molecular complexity index is 598. The molecule has 0 spiro atoms. The van der Waals surface area contributed by atoms with Crippen molar-refractivity contribution in [1.82, 2.24) is 4.73 Å². The average Bonchev–Trinajstić information content (AvgIpc) is 2.19. The number of Topliss-reactive ketones (excluding diaryl/α,β-unsaturated/α-hetero) is 1. The molecule has 0 aliphatic heterocycles. The number of ketones is 1. The van der Waals surface area contributed by atoms with Crippen molar-refractivity contribution in [3.05, 3.63) is 46.4 Å². The number of carbonyl (C=O) groups is 1. The van der Waals surface area contributed by atoms with Crippen LogP contribution in [-0.2, 0) is 0 Å². The Morgan fingerprint density at radius 2 is 2.00 bits per heavy atom. The molecule has 4 heteroatoms. The van der Waals surface area contributed by atoms with Gasteiger partial charge in [0.25, 0.3) is 5.56 Å². The van der Waals surface area contributed by atoms with Gasteiger partial charge in [-0.25, -0.2) is 0 Å². The number of hydrogen-bond donors (Lipinski definition) is 1. The van der Waals surface area contributed by atoms with E-state index in [1.54, 1.807) is 24.3 Å². The Morgan fingerprint density at radius 1 is 1.33 bits per heavy atom. The molecule has 1 heterocycles. The zero-order valence-electron chi connectivity index (χ0n) is 8.10. The summed E-state index contributed by atoms with van der Waals surface area (Å²) in [6.07, 6.45) is 1.30. The first-order valence-corrected chi connectivity index (χ1v) is 4.46. The standard InChI is InChI=1S/C11H9NO3/c1-7(13)10-9-5-3-2-4-8(9)6-12(15)11(10)14/h2-6,15H,1H3. The van der Waals surface area contributed by atoms with Gasteiger partial charge in [0, 0.05) is 5.39 Å². The Morgan fingerprint density at radius 3 is 2.67 bits per heavy atom. The minimum absolute atomic E-state index is 0.0237. The summed E-state index contributed by atoms with van der Waals surface area (Å²) in [7, 11) is 0.